The molecule has 1 aliphatic rings. The van der Waals surface area contributed by atoms with E-state index in [4.69, 9.17) is 14.2 Å². The molecule has 34 heavy (non-hydrogen) atoms. The van der Waals surface area contributed by atoms with Crippen molar-refractivity contribution in [1.29, 1.82) is 0 Å². The van der Waals surface area contributed by atoms with Crippen molar-refractivity contribution in [1.82, 2.24) is 0 Å². The van der Waals surface area contributed by atoms with E-state index in [2.05, 4.69) is 37.4 Å². The summed E-state index contributed by atoms with van der Waals surface area (Å²) in [7, 11) is 7.33. The Bertz CT molecular complexity index is 1050. The Labute approximate surface area is 217 Å². The van der Waals surface area contributed by atoms with Crippen LogP contribution in [0, 0.1) is 5.92 Å². The first-order valence-corrected chi connectivity index (χ1v) is 12.4. The predicted molar refractivity (Wildman–Crippen MR) is 133 cm³/mol. The van der Waals surface area contributed by atoms with Crippen LogP contribution in [0.15, 0.2) is 48.5 Å². The Morgan fingerprint density at radius 1 is 1.03 bits per heavy atom. The smallest absolute Gasteiger partial charge is 0.175 e. The second kappa shape index (κ2) is 11.7. The van der Waals surface area contributed by atoms with Crippen LogP contribution in [0.25, 0.3) is 10.1 Å². The van der Waals surface area contributed by atoms with Gasteiger partial charge in [0.05, 0.1) is 45.3 Å². The number of methoxy groups -OCH3 is 3. The number of carbonyl (C=O) groups excluding carboxylic acids is 1. The minimum Gasteiger partial charge on any atom is -1.00 e. The van der Waals surface area contributed by atoms with Crippen molar-refractivity contribution in [3.05, 3.63) is 59.0 Å². The number of carbonyl (C=O) groups is 1. The quantitative estimate of drug-likeness (QED) is 0.305. The number of rotatable bonds is 9. The van der Waals surface area contributed by atoms with Crippen LogP contribution >= 0.6 is 11.3 Å². The second-order valence-electron chi connectivity index (χ2n) is 9.30. The van der Waals surface area contributed by atoms with E-state index in [0.717, 1.165) is 51.9 Å². The van der Waals surface area contributed by atoms with Gasteiger partial charge in [-0.1, -0.05) is 30.3 Å². The Morgan fingerprint density at radius 2 is 1.68 bits per heavy atom. The number of benzene rings is 2. The summed E-state index contributed by atoms with van der Waals surface area (Å²) in [4.78, 5) is 13.9. The molecule has 4 rings (SSSR count). The van der Waals surface area contributed by atoms with Crippen molar-refractivity contribution in [3.63, 3.8) is 0 Å². The zero-order chi connectivity index (χ0) is 23.4. The Hall–Kier alpha value is -1.93. The van der Waals surface area contributed by atoms with Gasteiger partial charge in [0.1, 0.15) is 6.54 Å². The summed E-state index contributed by atoms with van der Waals surface area (Å²) in [6.45, 7) is 3.27. The molecule has 1 aromatic heterocycles. The van der Waals surface area contributed by atoms with Gasteiger partial charge >= 0.3 is 0 Å². The van der Waals surface area contributed by atoms with Crippen LogP contribution in [-0.2, 0) is 11.3 Å². The number of halogens is 1. The molecule has 184 valence electrons. The van der Waals surface area contributed by atoms with E-state index >= 15 is 0 Å². The molecule has 1 saturated heterocycles. The van der Waals surface area contributed by atoms with Crippen LogP contribution in [0.3, 0.4) is 0 Å². The number of ether oxygens (including phenoxy) is 3. The standard InChI is InChI=1S/C27H34NO4S.BrH/c1-28(18-19-8-6-5-7-9-19)12-10-20(11-13-28)23(30-2)16-22(29)27-15-21-14-24(31-3)25(32-4)17-26(21)33-27;/h5-9,14-15,17,20,23H,10-13,16,18H2,1-4H3;1H/q+1;/p-1. The van der Waals surface area contributed by atoms with E-state index in [1.54, 1.807) is 21.3 Å². The maximum Gasteiger partial charge on any atom is 0.175 e. The van der Waals surface area contributed by atoms with Crippen LogP contribution in [0.2, 0.25) is 0 Å². The molecule has 3 aromatic rings. The average molecular weight is 549 g/mol. The molecule has 0 bridgehead atoms. The Morgan fingerprint density at radius 3 is 2.29 bits per heavy atom. The van der Waals surface area contributed by atoms with Crippen LogP contribution in [0.4, 0.5) is 0 Å². The maximum absolute atomic E-state index is 13.2. The third-order valence-electron chi connectivity index (χ3n) is 7.00. The fourth-order valence-electron chi connectivity index (χ4n) is 4.99. The molecule has 0 radical (unpaired) electrons. The van der Waals surface area contributed by atoms with Gasteiger partial charge in [0, 0.05) is 42.7 Å². The number of Topliss-reactive ketones (excluding diaryl/α,β-unsaturated/α-hetero) is 1. The topological polar surface area (TPSA) is 44.8 Å². The van der Waals surface area contributed by atoms with Crippen LogP contribution in [-0.4, -0.2) is 57.8 Å². The lowest BCUT2D eigenvalue weighted by atomic mass is 9.87. The first-order chi connectivity index (χ1) is 15.9. The molecular weight excluding hydrogens is 514 g/mol. The third kappa shape index (κ3) is 6.00. The van der Waals surface area contributed by atoms with E-state index in [0.29, 0.717) is 23.8 Å². The summed E-state index contributed by atoms with van der Waals surface area (Å²) >= 11 is 1.51. The SMILES string of the molecule is COc1cc2cc(C(=O)CC(OC)C3CC[N+](C)(Cc4ccccc4)CC3)sc2cc1OC.[Br-]. The first kappa shape index (κ1) is 26.7. The number of hydrogen-bond acceptors (Lipinski definition) is 5. The summed E-state index contributed by atoms with van der Waals surface area (Å²) in [6.07, 6.45) is 2.54. The molecule has 1 fully saturated rings. The summed E-state index contributed by atoms with van der Waals surface area (Å²) in [5, 5.41) is 1.00. The van der Waals surface area contributed by atoms with Gasteiger partial charge in [0.25, 0.3) is 0 Å². The fraction of sp³-hybridized carbons (Fsp3) is 0.444. The molecule has 0 saturated carbocycles. The van der Waals surface area contributed by atoms with E-state index < -0.39 is 0 Å². The second-order valence-corrected chi connectivity index (χ2v) is 10.4. The lowest BCUT2D eigenvalue weighted by Crippen LogP contribution is -3.00. The van der Waals surface area contributed by atoms with Crippen LogP contribution in [0.1, 0.15) is 34.5 Å². The number of piperidine rings is 1. The molecule has 0 amide bonds. The summed E-state index contributed by atoms with van der Waals surface area (Å²) < 4.78 is 18.7. The van der Waals surface area contributed by atoms with Gasteiger partial charge in [-0.05, 0) is 23.4 Å². The Balaban J connectivity index is 0.00000324. The number of likely N-dealkylation sites (tertiary alicyclic amines) is 1. The largest absolute Gasteiger partial charge is 1.00 e. The minimum absolute atomic E-state index is 0. The molecule has 0 N–H and O–H groups in total. The lowest BCUT2D eigenvalue weighted by Gasteiger charge is -2.42. The summed E-state index contributed by atoms with van der Waals surface area (Å²) in [5.74, 6) is 1.92. The number of quaternary nitrogens is 1. The van der Waals surface area contributed by atoms with Gasteiger partial charge in [-0.15, -0.1) is 11.3 Å². The van der Waals surface area contributed by atoms with E-state index in [1.807, 2.05) is 18.2 Å². The average Bonchev–Trinajstić information content (AvgIpc) is 3.25. The van der Waals surface area contributed by atoms with Crippen molar-refractivity contribution in [3.8, 4) is 11.5 Å². The highest BCUT2D eigenvalue weighted by atomic mass is 79.9. The molecule has 0 spiro atoms. The zero-order valence-corrected chi connectivity index (χ0v) is 22.8. The highest BCUT2D eigenvalue weighted by Crippen LogP contribution is 2.37. The van der Waals surface area contributed by atoms with Gasteiger partial charge in [0.15, 0.2) is 17.3 Å². The predicted octanol–water partition coefficient (Wildman–Crippen LogP) is 2.57. The molecule has 0 aliphatic carbocycles. The third-order valence-corrected chi connectivity index (χ3v) is 8.14. The number of ketones is 1. The molecule has 2 aromatic carbocycles. The van der Waals surface area contributed by atoms with Crippen LogP contribution < -0.4 is 26.5 Å². The molecule has 2 heterocycles. The molecule has 1 aliphatic heterocycles. The van der Waals surface area contributed by atoms with Gasteiger partial charge < -0.3 is 35.7 Å². The molecule has 7 heteroatoms. The summed E-state index contributed by atoms with van der Waals surface area (Å²) in [6, 6.07) is 16.6. The van der Waals surface area contributed by atoms with Gasteiger partial charge in [-0.2, -0.15) is 0 Å². The highest BCUT2D eigenvalue weighted by Gasteiger charge is 2.35. The number of thiophene rings is 1. The van der Waals surface area contributed by atoms with Crippen molar-refractivity contribution in [2.24, 2.45) is 5.92 Å². The van der Waals surface area contributed by atoms with Crippen molar-refractivity contribution < 1.29 is 40.5 Å². The van der Waals surface area contributed by atoms with Crippen molar-refractivity contribution in [2.45, 2.75) is 31.9 Å². The normalized spacial score (nSPS) is 21.0. The van der Waals surface area contributed by atoms with E-state index in [-0.39, 0.29) is 28.9 Å². The summed E-state index contributed by atoms with van der Waals surface area (Å²) in [5.41, 5.74) is 1.38. The molecule has 1 atom stereocenters. The number of fused-ring (bicyclic) bond motifs is 1. The van der Waals surface area contributed by atoms with E-state index in [9.17, 15) is 4.79 Å². The fourth-order valence-corrected chi connectivity index (χ4v) is 6.02. The Kier molecular flexibility index (Phi) is 9.15. The lowest BCUT2D eigenvalue weighted by molar-refractivity contribution is -0.928. The molecule has 5 nitrogen and oxygen atoms in total. The zero-order valence-electron chi connectivity index (χ0n) is 20.4. The van der Waals surface area contributed by atoms with Gasteiger partial charge in [0.2, 0.25) is 0 Å². The highest BCUT2D eigenvalue weighted by molar-refractivity contribution is 7.20. The van der Waals surface area contributed by atoms with Crippen LogP contribution in [0.5, 0.6) is 11.5 Å². The van der Waals surface area contributed by atoms with Gasteiger partial charge in [-0.3, -0.25) is 4.79 Å². The minimum atomic E-state index is -0.0442. The monoisotopic (exact) mass is 547 g/mol. The van der Waals surface area contributed by atoms with Gasteiger partial charge in [-0.25, -0.2) is 0 Å². The first-order valence-electron chi connectivity index (χ1n) is 11.5. The van der Waals surface area contributed by atoms with E-state index in [1.165, 1.54) is 16.9 Å². The van der Waals surface area contributed by atoms with Crippen molar-refractivity contribution in [2.75, 3.05) is 41.5 Å². The number of nitrogens with zero attached hydrogens (tertiary/aromatic N) is 1. The molecular formula is C27H34BrNO4S. The molecule has 1 unspecified atom stereocenters. The maximum atomic E-state index is 13.2. The number of hydrogen-bond donors (Lipinski definition) is 0. The van der Waals surface area contributed by atoms with Crippen molar-refractivity contribution >= 4 is 27.2 Å².